The van der Waals surface area contributed by atoms with Gasteiger partial charge in [0.25, 0.3) is 0 Å². The van der Waals surface area contributed by atoms with Gasteiger partial charge < -0.3 is 5.73 Å². The molecular formula is C15H17BrFNS. The molecule has 0 saturated carbocycles. The van der Waals surface area contributed by atoms with Crippen LogP contribution in [0.3, 0.4) is 0 Å². The van der Waals surface area contributed by atoms with E-state index in [1.807, 2.05) is 12.1 Å². The molecule has 0 aliphatic heterocycles. The summed E-state index contributed by atoms with van der Waals surface area (Å²) in [6.07, 6.45) is 0. The van der Waals surface area contributed by atoms with E-state index in [-0.39, 0.29) is 17.3 Å². The van der Waals surface area contributed by atoms with E-state index < -0.39 is 0 Å². The molecule has 1 nitrogen and oxygen atoms in total. The van der Waals surface area contributed by atoms with Gasteiger partial charge in [0.15, 0.2) is 0 Å². The van der Waals surface area contributed by atoms with Gasteiger partial charge in [0.05, 0.1) is 10.5 Å². The number of benzene rings is 1. The zero-order valence-corrected chi connectivity index (χ0v) is 13.6. The summed E-state index contributed by atoms with van der Waals surface area (Å²) >= 11 is 4.96. The minimum Gasteiger partial charge on any atom is -0.320 e. The van der Waals surface area contributed by atoms with E-state index in [1.165, 1.54) is 10.9 Å². The molecule has 0 spiro atoms. The standard InChI is InChI=1S/C15H17BrFNS/c1-15(2,3)12-8-7-11(19-12)14(18)9-5-4-6-10(17)13(9)16/h4-8,14H,18H2,1-3H3. The van der Waals surface area contributed by atoms with E-state index in [1.54, 1.807) is 17.4 Å². The predicted octanol–water partition coefficient (Wildman–Crippen LogP) is 5.00. The molecule has 1 atom stereocenters. The summed E-state index contributed by atoms with van der Waals surface area (Å²) < 4.78 is 14.0. The van der Waals surface area contributed by atoms with Crippen molar-refractivity contribution >= 4 is 27.3 Å². The van der Waals surface area contributed by atoms with Crippen LogP contribution in [0.4, 0.5) is 4.39 Å². The first-order valence-electron chi connectivity index (χ1n) is 6.10. The second-order valence-electron chi connectivity index (χ2n) is 5.57. The molecule has 19 heavy (non-hydrogen) atoms. The number of rotatable bonds is 2. The summed E-state index contributed by atoms with van der Waals surface area (Å²) in [5.74, 6) is -0.277. The highest BCUT2D eigenvalue weighted by molar-refractivity contribution is 9.10. The Hall–Kier alpha value is -0.710. The molecule has 1 heterocycles. The molecule has 4 heteroatoms. The SMILES string of the molecule is CC(C)(C)c1ccc(C(N)c2cccc(F)c2Br)s1. The first-order valence-corrected chi connectivity index (χ1v) is 7.71. The first-order chi connectivity index (χ1) is 8.80. The second-order valence-corrected chi connectivity index (χ2v) is 7.48. The van der Waals surface area contributed by atoms with Crippen LogP contribution in [0.15, 0.2) is 34.8 Å². The van der Waals surface area contributed by atoms with Crippen LogP contribution in [0, 0.1) is 5.82 Å². The summed E-state index contributed by atoms with van der Waals surface area (Å²) in [6, 6.07) is 8.81. The maximum absolute atomic E-state index is 13.6. The average Bonchev–Trinajstić information content (AvgIpc) is 2.81. The highest BCUT2D eigenvalue weighted by atomic mass is 79.9. The van der Waals surface area contributed by atoms with Crippen LogP contribution < -0.4 is 5.73 Å². The van der Waals surface area contributed by atoms with Crippen LogP contribution in [0.5, 0.6) is 0 Å². The number of halogens is 2. The van der Waals surface area contributed by atoms with Crippen molar-refractivity contribution in [2.24, 2.45) is 5.73 Å². The quantitative estimate of drug-likeness (QED) is 0.817. The van der Waals surface area contributed by atoms with E-state index >= 15 is 0 Å². The zero-order chi connectivity index (χ0) is 14.2. The molecule has 102 valence electrons. The Morgan fingerprint density at radius 2 is 1.89 bits per heavy atom. The third-order valence-electron chi connectivity index (χ3n) is 2.99. The van der Waals surface area contributed by atoms with E-state index in [0.717, 1.165) is 10.4 Å². The molecule has 2 aromatic rings. The van der Waals surface area contributed by atoms with Gasteiger partial charge in [-0.05, 0) is 45.1 Å². The van der Waals surface area contributed by atoms with Crippen molar-refractivity contribution < 1.29 is 4.39 Å². The fourth-order valence-electron chi connectivity index (χ4n) is 1.84. The normalized spacial score (nSPS) is 13.6. The third kappa shape index (κ3) is 3.07. The van der Waals surface area contributed by atoms with Gasteiger partial charge in [0, 0.05) is 9.75 Å². The van der Waals surface area contributed by atoms with Crippen LogP contribution in [-0.2, 0) is 5.41 Å². The molecule has 1 aromatic heterocycles. The first kappa shape index (κ1) is 14.7. The molecule has 2 rings (SSSR count). The largest absolute Gasteiger partial charge is 0.320 e. The summed E-state index contributed by atoms with van der Waals surface area (Å²) in [4.78, 5) is 2.33. The summed E-state index contributed by atoms with van der Waals surface area (Å²) in [5.41, 5.74) is 7.15. The van der Waals surface area contributed by atoms with Crippen molar-refractivity contribution in [3.63, 3.8) is 0 Å². The lowest BCUT2D eigenvalue weighted by atomic mass is 9.95. The van der Waals surface area contributed by atoms with Crippen LogP contribution in [-0.4, -0.2) is 0 Å². The summed E-state index contributed by atoms with van der Waals surface area (Å²) in [7, 11) is 0. The van der Waals surface area contributed by atoms with Gasteiger partial charge in [0.1, 0.15) is 5.82 Å². The second kappa shape index (κ2) is 5.35. The molecule has 0 aliphatic carbocycles. The van der Waals surface area contributed by atoms with Gasteiger partial charge >= 0.3 is 0 Å². The Morgan fingerprint density at radius 1 is 1.21 bits per heavy atom. The lowest BCUT2D eigenvalue weighted by Gasteiger charge is -2.16. The topological polar surface area (TPSA) is 26.0 Å². The van der Waals surface area contributed by atoms with Crippen molar-refractivity contribution in [2.45, 2.75) is 32.2 Å². The molecule has 1 unspecified atom stereocenters. The zero-order valence-electron chi connectivity index (χ0n) is 11.2. The molecule has 2 N–H and O–H groups in total. The minimum atomic E-state index is -0.300. The molecule has 0 saturated heterocycles. The Labute approximate surface area is 125 Å². The third-order valence-corrected chi connectivity index (χ3v) is 5.42. The van der Waals surface area contributed by atoms with Gasteiger partial charge in [-0.15, -0.1) is 11.3 Å². The highest BCUT2D eigenvalue weighted by Gasteiger charge is 2.20. The van der Waals surface area contributed by atoms with Crippen molar-refractivity contribution in [1.82, 2.24) is 0 Å². The van der Waals surface area contributed by atoms with Gasteiger partial charge in [0.2, 0.25) is 0 Å². The average molecular weight is 342 g/mol. The van der Waals surface area contributed by atoms with Crippen LogP contribution in [0.2, 0.25) is 0 Å². The molecule has 0 bridgehead atoms. The Bertz CT molecular complexity index is 586. The van der Waals surface area contributed by atoms with Gasteiger partial charge in [-0.2, -0.15) is 0 Å². The lowest BCUT2D eigenvalue weighted by Crippen LogP contribution is -2.11. The van der Waals surface area contributed by atoms with E-state index in [2.05, 4.69) is 42.8 Å². The Morgan fingerprint density at radius 3 is 2.47 bits per heavy atom. The lowest BCUT2D eigenvalue weighted by molar-refractivity contribution is 0.604. The van der Waals surface area contributed by atoms with E-state index in [9.17, 15) is 4.39 Å². The van der Waals surface area contributed by atoms with Gasteiger partial charge in [-0.3, -0.25) is 0 Å². The fraction of sp³-hybridized carbons (Fsp3) is 0.333. The monoisotopic (exact) mass is 341 g/mol. The number of hydrogen-bond acceptors (Lipinski definition) is 2. The molecular weight excluding hydrogens is 325 g/mol. The van der Waals surface area contributed by atoms with Crippen molar-refractivity contribution in [3.05, 3.63) is 55.9 Å². The fourth-order valence-corrected chi connectivity index (χ4v) is 3.43. The minimum absolute atomic E-state index is 0.113. The predicted molar refractivity (Wildman–Crippen MR) is 83.1 cm³/mol. The Balaban J connectivity index is 2.37. The van der Waals surface area contributed by atoms with Crippen molar-refractivity contribution in [3.8, 4) is 0 Å². The molecule has 0 amide bonds. The molecule has 1 aromatic carbocycles. The van der Waals surface area contributed by atoms with Crippen molar-refractivity contribution in [1.29, 1.82) is 0 Å². The van der Waals surface area contributed by atoms with E-state index in [4.69, 9.17) is 5.73 Å². The van der Waals surface area contributed by atoms with Gasteiger partial charge in [-0.1, -0.05) is 32.9 Å². The summed E-state index contributed by atoms with van der Waals surface area (Å²) in [6.45, 7) is 6.52. The van der Waals surface area contributed by atoms with Crippen LogP contribution >= 0.6 is 27.3 Å². The van der Waals surface area contributed by atoms with Gasteiger partial charge in [-0.25, -0.2) is 4.39 Å². The number of thiophene rings is 1. The summed E-state index contributed by atoms with van der Waals surface area (Å²) in [5, 5.41) is 0. The molecule has 0 radical (unpaired) electrons. The number of nitrogens with two attached hydrogens (primary N) is 1. The maximum Gasteiger partial charge on any atom is 0.137 e. The smallest absolute Gasteiger partial charge is 0.137 e. The van der Waals surface area contributed by atoms with Crippen LogP contribution in [0.25, 0.3) is 0 Å². The molecule has 0 aliphatic rings. The molecule has 0 fully saturated rings. The van der Waals surface area contributed by atoms with Crippen molar-refractivity contribution in [2.75, 3.05) is 0 Å². The number of hydrogen-bond donors (Lipinski definition) is 1. The van der Waals surface area contributed by atoms with E-state index in [0.29, 0.717) is 4.47 Å². The maximum atomic E-state index is 13.6. The van der Waals surface area contributed by atoms with Crippen LogP contribution in [0.1, 0.15) is 42.1 Å². The Kier molecular flexibility index (Phi) is 4.14. The highest BCUT2D eigenvalue weighted by Crippen LogP contribution is 2.36.